The number of amides is 2. The Hall–Kier alpha value is -2.55. The normalized spacial score (nSPS) is 15.5. The number of hydrogen-bond donors (Lipinski definition) is 1. The van der Waals surface area contributed by atoms with E-state index in [1.807, 2.05) is 41.5 Å². The van der Waals surface area contributed by atoms with Gasteiger partial charge >= 0.3 is 0 Å². The molecule has 1 atom stereocenters. The molecule has 1 N–H and O–H groups in total. The molecule has 1 unspecified atom stereocenters. The molecular formula is C24H25Cl2N5O2S. The molecule has 178 valence electrons. The van der Waals surface area contributed by atoms with Crippen LogP contribution < -0.4 is 5.32 Å². The molecule has 7 nitrogen and oxygen atoms in total. The Morgan fingerprint density at radius 3 is 2.71 bits per heavy atom. The van der Waals surface area contributed by atoms with Crippen molar-refractivity contribution >= 4 is 52.5 Å². The van der Waals surface area contributed by atoms with Gasteiger partial charge in [0.05, 0.1) is 22.4 Å². The quantitative estimate of drug-likeness (QED) is 0.411. The predicted octanol–water partition coefficient (Wildman–Crippen LogP) is 5.62. The third kappa shape index (κ3) is 5.24. The largest absolute Gasteiger partial charge is 0.328 e. The number of rotatable bonds is 7. The standard InChI is InChI=1S/C24H25Cl2N5O2S/c1-3-30-22(20-9-6-12-31(20)23(33)17-7-4-5-8-18(17)26)28-29-24(30)34-14-21(32)27-19-11-10-16(25)13-15(19)2/h4-5,7-8,10-11,13,20H,3,6,9,12,14H2,1-2H3,(H,27,32). The number of aromatic nitrogens is 3. The number of likely N-dealkylation sites (tertiary alicyclic amines) is 1. The molecule has 2 aromatic carbocycles. The van der Waals surface area contributed by atoms with Crippen LogP contribution in [0.25, 0.3) is 0 Å². The van der Waals surface area contributed by atoms with E-state index in [1.54, 1.807) is 24.3 Å². The van der Waals surface area contributed by atoms with Crippen molar-refractivity contribution in [1.29, 1.82) is 0 Å². The van der Waals surface area contributed by atoms with Crippen molar-refractivity contribution in [2.24, 2.45) is 0 Å². The summed E-state index contributed by atoms with van der Waals surface area (Å²) in [6.45, 7) is 5.17. The lowest BCUT2D eigenvalue weighted by Crippen LogP contribution is -2.32. The topological polar surface area (TPSA) is 80.1 Å². The predicted molar refractivity (Wildman–Crippen MR) is 136 cm³/mol. The lowest BCUT2D eigenvalue weighted by atomic mass is 10.1. The molecule has 0 bridgehead atoms. The SMILES string of the molecule is CCn1c(SCC(=O)Nc2ccc(Cl)cc2C)nnc1C1CCCN1C(=O)c1ccccc1Cl. The highest BCUT2D eigenvalue weighted by molar-refractivity contribution is 7.99. The van der Waals surface area contributed by atoms with Crippen LogP contribution in [0.2, 0.25) is 10.0 Å². The number of nitrogens with one attached hydrogen (secondary N) is 1. The van der Waals surface area contributed by atoms with E-state index in [9.17, 15) is 9.59 Å². The Bertz CT molecular complexity index is 1220. The van der Waals surface area contributed by atoms with E-state index in [1.165, 1.54) is 11.8 Å². The minimum Gasteiger partial charge on any atom is -0.328 e. The Morgan fingerprint density at radius 1 is 1.18 bits per heavy atom. The van der Waals surface area contributed by atoms with Gasteiger partial charge in [0.25, 0.3) is 5.91 Å². The van der Waals surface area contributed by atoms with Gasteiger partial charge in [-0.2, -0.15) is 0 Å². The summed E-state index contributed by atoms with van der Waals surface area (Å²) in [6, 6.07) is 12.2. The summed E-state index contributed by atoms with van der Waals surface area (Å²) in [5.74, 6) is 0.675. The number of carbonyl (C=O) groups is 2. The molecule has 0 spiro atoms. The number of benzene rings is 2. The molecule has 0 saturated carbocycles. The van der Waals surface area contributed by atoms with E-state index < -0.39 is 0 Å². The number of nitrogens with zero attached hydrogens (tertiary/aromatic N) is 4. The monoisotopic (exact) mass is 517 g/mol. The van der Waals surface area contributed by atoms with E-state index >= 15 is 0 Å². The molecule has 2 amide bonds. The zero-order valence-electron chi connectivity index (χ0n) is 18.9. The fourth-order valence-corrected chi connectivity index (χ4v) is 5.35. The first kappa shape index (κ1) is 24.6. The zero-order chi connectivity index (χ0) is 24.2. The van der Waals surface area contributed by atoms with Crippen LogP contribution >= 0.6 is 35.0 Å². The van der Waals surface area contributed by atoms with Gasteiger partial charge in [-0.3, -0.25) is 9.59 Å². The number of halogens is 2. The molecular weight excluding hydrogens is 493 g/mol. The molecule has 10 heteroatoms. The smallest absolute Gasteiger partial charge is 0.255 e. The van der Waals surface area contributed by atoms with Gasteiger partial charge in [0.1, 0.15) is 0 Å². The first-order chi connectivity index (χ1) is 16.4. The summed E-state index contributed by atoms with van der Waals surface area (Å²) in [5.41, 5.74) is 2.11. The average Bonchev–Trinajstić information content (AvgIpc) is 3.46. The molecule has 0 aliphatic carbocycles. The maximum Gasteiger partial charge on any atom is 0.255 e. The first-order valence-corrected chi connectivity index (χ1v) is 12.8. The molecule has 1 saturated heterocycles. The van der Waals surface area contributed by atoms with Gasteiger partial charge in [-0.25, -0.2) is 0 Å². The third-order valence-electron chi connectivity index (χ3n) is 5.77. The Labute approximate surface area is 212 Å². The zero-order valence-corrected chi connectivity index (χ0v) is 21.3. The average molecular weight is 518 g/mol. The Morgan fingerprint density at radius 2 is 1.97 bits per heavy atom. The van der Waals surface area contributed by atoms with Gasteiger partial charge in [-0.15, -0.1) is 10.2 Å². The molecule has 1 aromatic heterocycles. The molecule has 1 fully saturated rings. The van der Waals surface area contributed by atoms with E-state index in [2.05, 4.69) is 15.5 Å². The number of anilines is 1. The first-order valence-electron chi connectivity index (χ1n) is 11.1. The summed E-state index contributed by atoms with van der Waals surface area (Å²) < 4.78 is 1.98. The summed E-state index contributed by atoms with van der Waals surface area (Å²) >= 11 is 13.6. The van der Waals surface area contributed by atoms with Crippen LogP contribution in [0.4, 0.5) is 5.69 Å². The van der Waals surface area contributed by atoms with Crippen LogP contribution in [0.3, 0.4) is 0 Å². The fraction of sp³-hybridized carbons (Fsp3) is 0.333. The van der Waals surface area contributed by atoms with Gasteiger partial charge in [-0.1, -0.05) is 47.1 Å². The lowest BCUT2D eigenvalue weighted by Gasteiger charge is -2.25. The highest BCUT2D eigenvalue weighted by Gasteiger charge is 2.35. The summed E-state index contributed by atoms with van der Waals surface area (Å²) in [7, 11) is 0. The number of aryl methyl sites for hydroxylation is 1. The number of hydrogen-bond acceptors (Lipinski definition) is 5. The second kappa shape index (κ2) is 10.8. The summed E-state index contributed by atoms with van der Waals surface area (Å²) in [4.78, 5) is 27.6. The second-order valence-corrected chi connectivity index (χ2v) is 9.80. The highest BCUT2D eigenvalue weighted by Crippen LogP contribution is 2.34. The van der Waals surface area contributed by atoms with Crippen LogP contribution in [-0.4, -0.2) is 43.8 Å². The summed E-state index contributed by atoms with van der Waals surface area (Å²) in [5, 5.41) is 13.4. The van der Waals surface area contributed by atoms with Crippen LogP contribution in [-0.2, 0) is 11.3 Å². The van der Waals surface area contributed by atoms with Gasteiger partial charge in [-0.05, 0) is 62.6 Å². The van der Waals surface area contributed by atoms with Gasteiger partial charge in [0.15, 0.2) is 11.0 Å². The van der Waals surface area contributed by atoms with Crippen LogP contribution in [0.1, 0.15) is 47.6 Å². The number of carbonyl (C=O) groups excluding carboxylic acids is 2. The van der Waals surface area contributed by atoms with Crippen molar-refractivity contribution in [3.63, 3.8) is 0 Å². The third-order valence-corrected chi connectivity index (χ3v) is 7.30. The minimum absolute atomic E-state index is 0.106. The minimum atomic E-state index is -0.184. The van der Waals surface area contributed by atoms with Crippen LogP contribution in [0.15, 0.2) is 47.6 Å². The Balaban J connectivity index is 1.47. The maximum absolute atomic E-state index is 13.2. The molecule has 4 rings (SSSR count). The second-order valence-electron chi connectivity index (χ2n) is 8.02. The molecule has 1 aliphatic rings. The Kier molecular flexibility index (Phi) is 7.80. The van der Waals surface area contributed by atoms with E-state index in [4.69, 9.17) is 23.2 Å². The highest BCUT2D eigenvalue weighted by atomic mass is 35.5. The van der Waals surface area contributed by atoms with Crippen molar-refractivity contribution in [1.82, 2.24) is 19.7 Å². The molecule has 34 heavy (non-hydrogen) atoms. The van der Waals surface area contributed by atoms with E-state index in [0.29, 0.717) is 33.9 Å². The van der Waals surface area contributed by atoms with Crippen molar-refractivity contribution in [3.05, 3.63) is 69.5 Å². The van der Waals surface area contributed by atoms with Crippen molar-refractivity contribution < 1.29 is 9.59 Å². The van der Waals surface area contributed by atoms with Crippen molar-refractivity contribution in [2.45, 2.75) is 44.4 Å². The van der Waals surface area contributed by atoms with Crippen LogP contribution in [0, 0.1) is 6.92 Å². The van der Waals surface area contributed by atoms with Gasteiger partial charge in [0, 0.05) is 23.8 Å². The van der Waals surface area contributed by atoms with Crippen molar-refractivity contribution in [2.75, 3.05) is 17.6 Å². The number of thioether (sulfide) groups is 1. The molecule has 3 aromatic rings. The molecule has 2 heterocycles. The lowest BCUT2D eigenvalue weighted by molar-refractivity contribution is -0.113. The fourth-order valence-electron chi connectivity index (χ4n) is 4.10. The van der Waals surface area contributed by atoms with E-state index in [0.717, 1.165) is 29.9 Å². The van der Waals surface area contributed by atoms with Gasteiger partial charge in [0.2, 0.25) is 5.91 Å². The van der Waals surface area contributed by atoms with Crippen molar-refractivity contribution in [3.8, 4) is 0 Å². The molecule has 0 radical (unpaired) electrons. The van der Waals surface area contributed by atoms with Gasteiger partial charge < -0.3 is 14.8 Å². The van der Waals surface area contributed by atoms with Crippen LogP contribution in [0.5, 0.6) is 0 Å². The summed E-state index contributed by atoms with van der Waals surface area (Å²) in [6.07, 6.45) is 1.68. The van der Waals surface area contributed by atoms with E-state index in [-0.39, 0.29) is 23.6 Å². The maximum atomic E-state index is 13.2. The molecule has 1 aliphatic heterocycles.